The Morgan fingerprint density at radius 2 is 1.76 bits per heavy atom. The summed E-state index contributed by atoms with van der Waals surface area (Å²) >= 11 is 0. The number of furan rings is 1. The lowest BCUT2D eigenvalue weighted by atomic mass is 9.92. The first kappa shape index (κ1) is 24.2. The van der Waals surface area contributed by atoms with Crippen molar-refractivity contribution in [1.29, 1.82) is 0 Å². The number of fused-ring (bicyclic) bond motifs is 1. The van der Waals surface area contributed by atoms with Gasteiger partial charge >= 0.3 is 6.18 Å². The Kier molecular flexibility index (Phi) is 5.78. The summed E-state index contributed by atoms with van der Waals surface area (Å²) in [7, 11) is 1.45. The lowest BCUT2D eigenvalue weighted by Crippen LogP contribution is -2.31. The average Bonchev–Trinajstić information content (AvgIpc) is 3.42. The van der Waals surface area contributed by atoms with Crippen LogP contribution in [0, 0.1) is 6.92 Å². The van der Waals surface area contributed by atoms with Crippen LogP contribution < -0.4 is 9.64 Å². The van der Waals surface area contributed by atoms with Crippen LogP contribution in [-0.4, -0.2) is 23.9 Å². The topological polar surface area (TPSA) is 80.0 Å². The number of methoxy groups -OCH3 is 1. The van der Waals surface area contributed by atoms with E-state index in [0.29, 0.717) is 27.8 Å². The van der Waals surface area contributed by atoms with Crippen molar-refractivity contribution in [2.24, 2.45) is 0 Å². The van der Waals surface area contributed by atoms with E-state index in [2.05, 4.69) is 0 Å². The largest absolute Gasteiger partial charge is 0.503 e. The van der Waals surface area contributed by atoms with Crippen LogP contribution in [0.3, 0.4) is 0 Å². The number of anilines is 1. The number of Topliss-reactive ketones (excluding diaryl/α,β-unsaturated/α-hetero) is 1. The second-order valence-electron chi connectivity index (χ2n) is 8.56. The molecule has 0 aliphatic carbocycles. The van der Waals surface area contributed by atoms with Crippen LogP contribution in [0.1, 0.15) is 33.3 Å². The van der Waals surface area contributed by atoms with Crippen molar-refractivity contribution in [1.82, 2.24) is 0 Å². The molecule has 0 radical (unpaired) electrons. The Labute approximate surface area is 209 Å². The third-order valence-electron chi connectivity index (χ3n) is 6.34. The number of ether oxygens (including phenoxy) is 1. The number of nitrogens with zero attached hydrogens (tertiary/aromatic N) is 1. The van der Waals surface area contributed by atoms with E-state index in [4.69, 9.17) is 9.15 Å². The number of alkyl halides is 3. The molecule has 0 saturated carbocycles. The lowest BCUT2D eigenvalue weighted by molar-refractivity contribution is -0.137. The minimum Gasteiger partial charge on any atom is -0.503 e. The summed E-state index contributed by atoms with van der Waals surface area (Å²) in [5, 5.41) is 11.5. The van der Waals surface area contributed by atoms with Crippen LogP contribution in [0.25, 0.3) is 11.0 Å². The smallest absolute Gasteiger partial charge is 0.416 e. The van der Waals surface area contributed by atoms with Crippen molar-refractivity contribution < 1.29 is 37.0 Å². The monoisotopic (exact) mass is 507 g/mol. The van der Waals surface area contributed by atoms with Gasteiger partial charge in [0.2, 0.25) is 5.78 Å². The number of para-hydroxylation sites is 1. The number of halogens is 3. The zero-order valence-electron chi connectivity index (χ0n) is 19.7. The highest BCUT2D eigenvalue weighted by molar-refractivity contribution is 6.20. The van der Waals surface area contributed by atoms with E-state index in [0.717, 1.165) is 17.0 Å². The number of benzene rings is 3. The van der Waals surface area contributed by atoms with Crippen molar-refractivity contribution in [2.75, 3.05) is 12.0 Å². The molecule has 1 amide bonds. The van der Waals surface area contributed by atoms with E-state index in [1.807, 2.05) is 0 Å². The number of aliphatic hydroxyl groups is 1. The molecule has 0 spiro atoms. The molecule has 9 heteroatoms. The molecule has 0 saturated heterocycles. The van der Waals surface area contributed by atoms with Crippen molar-refractivity contribution in [3.8, 4) is 5.75 Å². The van der Waals surface area contributed by atoms with Gasteiger partial charge in [-0.3, -0.25) is 14.5 Å². The molecule has 6 nitrogen and oxygen atoms in total. The first-order valence-electron chi connectivity index (χ1n) is 11.2. The molecule has 3 aromatic carbocycles. The molecule has 1 aliphatic heterocycles. The molecule has 37 heavy (non-hydrogen) atoms. The minimum absolute atomic E-state index is 0.117. The Hall–Kier alpha value is -4.53. The molecular formula is C28H20F3NO5. The standard InChI is InChI=1S/C28H20F3NO5/c1-15-7-3-4-11-19(15)23-22(24(33)21-13-16-8-5-12-20(36-2)26(16)37-21)25(34)27(35)32(23)18-10-6-9-17(14-18)28(29,30)31/h3-14,23,34H,1-2H3. The highest BCUT2D eigenvalue weighted by atomic mass is 19.4. The quantitative estimate of drug-likeness (QED) is 0.310. The SMILES string of the molecule is COc1cccc2cc(C(=O)C3=C(O)C(=O)N(c4cccc(C(F)(F)F)c4)C3c3ccccc3C)oc12. The van der Waals surface area contributed by atoms with Gasteiger partial charge in [-0.2, -0.15) is 13.2 Å². The number of amides is 1. The van der Waals surface area contributed by atoms with Gasteiger partial charge in [0.25, 0.3) is 5.91 Å². The van der Waals surface area contributed by atoms with Gasteiger partial charge in [0.15, 0.2) is 22.9 Å². The Morgan fingerprint density at radius 1 is 1.03 bits per heavy atom. The zero-order valence-corrected chi connectivity index (χ0v) is 19.7. The van der Waals surface area contributed by atoms with Gasteiger partial charge in [-0.05, 0) is 48.4 Å². The Balaban J connectivity index is 1.68. The summed E-state index contributed by atoms with van der Waals surface area (Å²) in [5.74, 6) is -2.39. The predicted molar refractivity (Wildman–Crippen MR) is 130 cm³/mol. The van der Waals surface area contributed by atoms with E-state index in [1.165, 1.54) is 25.3 Å². The maximum absolute atomic E-state index is 13.8. The summed E-state index contributed by atoms with van der Waals surface area (Å²) in [6.45, 7) is 1.74. The van der Waals surface area contributed by atoms with Gasteiger partial charge in [-0.1, -0.05) is 42.5 Å². The second-order valence-corrected chi connectivity index (χ2v) is 8.56. The normalized spacial score (nSPS) is 16.1. The number of ketones is 1. The number of rotatable bonds is 5. The summed E-state index contributed by atoms with van der Waals surface area (Å²) < 4.78 is 51.4. The van der Waals surface area contributed by atoms with E-state index < -0.39 is 35.2 Å². The number of aliphatic hydroxyl groups excluding tert-OH is 1. The van der Waals surface area contributed by atoms with E-state index >= 15 is 0 Å². The van der Waals surface area contributed by atoms with Gasteiger partial charge in [0, 0.05) is 11.1 Å². The molecule has 1 unspecified atom stereocenters. The average molecular weight is 507 g/mol. The third-order valence-corrected chi connectivity index (χ3v) is 6.34. The summed E-state index contributed by atoms with van der Waals surface area (Å²) in [5.41, 5.74) is 0.0614. The molecule has 5 rings (SSSR count). The summed E-state index contributed by atoms with van der Waals surface area (Å²) in [4.78, 5) is 28.1. The number of carbonyl (C=O) groups is 2. The number of carbonyl (C=O) groups excluding carboxylic acids is 2. The van der Waals surface area contributed by atoms with Crippen molar-refractivity contribution in [3.05, 3.63) is 107 Å². The summed E-state index contributed by atoms with van der Waals surface area (Å²) in [6, 6.07) is 16.4. The molecule has 0 bridgehead atoms. The Bertz CT molecular complexity index is 1580. The molecule has 1 aliphatic rings. The number of aryl methyl sites for hydroxylation is 1. The van der Waals surface area contributed by atoms with Crippen LogP contribution in [0.2, 0.25) is 0 Å². The van der Waals surface area contributed by atoms with Gasteiger partial charge in [0.05, 0.1) is 24.3 Å². The van der Waals surface area contributed by atoms with Crippen LogP contribution in [0.5, 0.6) is 5.75 Å². The van der Waals surface area contributed by atoms with E-state index in [1.54, 1.807) is 49.4 Å². The van der Waals surface area contributed by atoms with Crippen LogP contribution in [-0.2, 0) is 11.0 Å². The van der Waals surface area contributed by atoms with E-state index in [9.17, 15) is 27.9 Å². The number of hydrogen-bond donors (Lipinski definition) is 1. The molecule has 1 atom stereocenters. The van der Waals surface area contributed by atoms with Gasteiger partial charge < -0.3 is 14.3 Å². The molecule has 1 N–H and O–H groups in total. The number of hydrogen-bond acceptors (Lipinski definition) is 5. The van der Waals surface area contributed by atoms with Gasteiger partial charge in [0.1, 0.15) is 0 Å². The predicted octanol–water partition coefficient (Wildman–Crippen LogP) is 6.55. The van der Waals surface area contributed by atoms with E-state index in [-0.39, 0.29) is 17.0 Å². The zero-order chi connectivity index (χ0) is 26.5. The first-order chi connectivity index (χ1) is 17.6. The van der Waals surface area contributed by atoms with Crippen molar-refractivity contribution >= 4 is 28.3 Å². The van der Waals surface area contributed by atoms with Crippen LogP contribution in [0.15, 0.2) is 88.5 Å². The highest BCUT2D eigenvalue weighted by Crippen LogP contribution is 2.44. The maximum atomic E-state index is 13.8. The molecule has 0 fully saturated rings. The first-order valence-corrected chi connectivity index (χ1v) is 11.2. The van der Waals surface area contributed by atoms with Crippen LogP contribution in [0.4, 0.5) is 18.9 Å². The molecule has 4 aromatic rings. The molecule has 1 aromatic heterocycles. The van der Waals surface area contributed by atoms with Crippen LogP contribution >= 0.6 is 0 Å². The second kappa shape index (κ2) is 8.85. The molecular weight excluding hydrogens is 487 g/mol. The minimum atomic E-state index is -4.65. The highest BCUT2D eigenvalue weighted by Gasteiger charge is 2.46. The lowest BCUT2D eigenvalue weighted by Gasteiger charge is -2.28. The van der Waals surface area contributed by atoms with Gasteiger partial charge in [-0.15, -0.1) is 0 Å². The van der Waals surface area contributed by atoms with Crippen molar-refractivity contribution in [2.45, 2.75) is 19.1 Å². The fourth-order valence-electron chi connectivity index (χ4n) is 4.57. The fourth-order valence-corrected chi connectivity index (χ4v) is 4.57. The fraction of sp³-hybridized carbons (Fsp3) is 0.143. The van der Waals surface area contributed by atoms with Gasteiger partial charge in [-0.25, -0.2) is 0 Å². The molecule has 188 valence electrons. The Morgan fingerprint density at radius 3 is 2.46 bits per heavy atom. The third kappa shape index (κ3) is 4.02. The molecule has 2 heterocycles. The maximum Gasteiger partial charge on any atom is 0.416 e. The van der Waals surface area contributed by atoms with Crippen molar-refractivity contribution in [3.63, 3.8) is 0 Å². The summed E-state index contributed by atoms with van der Waals surface area (Å²) in [6.07, 6.45) is -4.65.